The van der Waals surface area contributed by atoms with Gasteiger partial charge in [-0.05, 0) is 30.1 Å². The summed E-state index contributed by atoms with van der Waals surface area (Å²) in [4.78, 5) is 24.9. The molecule has 0 atom stereocenters. The molecule has 0 bridgehead atoms. The van der Waals surface area contributed by atoms with Crippen LogP contribution in [0.25, 0.3) is 0 Å². The van der Waals surface area contributed by atoms with Crippen LogP contribution in [0.15, 0.2) is 0 Å². The van der Waals surface area contributed by atoms with Crippen molar-refractivity contribution < 1.29 is 23.8 Å². The molecule has 7 nitrogen and oxygen atoms in total. The second kappa shape index (κ2) is 15.8. The maximum Gasteiger partial charge on any atom is 0.225 e. The molecule has 2 amide bonds. The largest absolute Gasteiger partial charge is 0.381 e. The summed E-state index contributed by atoms with van der Waals surface area (Å²) in [5.74, 6) is 0.0383. The van der Waals surface area contributed by atoms with E-state index in [0.29, 0.717) is 59.0 Å². The zero-order valence-corrected chi connectivity index (χ0v) is 24.5. The highest BCUT2D eigenvalue weighted by atomic mass is 16.5. The number of ether oxygens (including phenoxy) is 3. The molecule has 0 fully saturated rings. The maximum absolute atomic E-state index is 12.5. The smallest absolute Gasteiger partial charge is 0.225 e. The van der Waals surface area contributed by atoms with Gasteiger partial charge in [-0.3, -0.25) is 9.59 Å². The van der Waals surface area contributed by atoms with E-state index in [4.69, 9.17) is 14.2 Å². The molecule has 0 unspecified atom stereocenters. The van der Waals surface area contributed by atoms with E-state index >= 15 is 0 Å². The molecule has 208 valence electrons. The third-order valence-corrected chi connectivity index (χ3v) is 6.21. The molecule has 0 aromatic carbocycles. The van der Waals surface area contributed by atoms with Gasteiger partial charge < -0.3 is 24.8 Å². The minimum absolute atomic E-state index is 0.0116. The number of rotatable bonds is 20. The fraction of sp³-hybridized carbons (Fsp3) is 0.929. The minimum atomic E-state index is -0.470. The third-order valence-electron chi connectivity index (χ3n) is 6.21. The van der Waals surface area contributed by atoms with Crippen LogP contribution in [-0.2, 0) is 23.8 Å². The fourth-order valence-corrected chi connectivity index (χ4v) is 3.15. The summed E-state index contributed by atoms with van der Waals surface area (Å²) in [5, 5.41) is 6.00. The first kappa shape index (κ1) is 33.8. The monoisotopic (exact) mass is 500 g/mol. The Morgan fingerprint density at radius 3 is 1.89 bits per heavy atom. The van der Waals surface area contributed by atoms with Gasteiger partial charge in [0.2, 0.25) is 11.8 Å². The lowest BCUT2D eigenvalue weighted by molar-refractivity contribution is -0.130. The summed E-state index contributed by atoms with van der Waals surface area (Å²) in [5.41, 5.74) is -0.739. The molecule has 7 heteroatoms. The first-order valence-corrected chi connectivity index (χ1v) is 13.3. The number of hydrogen-bond donors (Lipinski definition) is 2. The normalized spacial score (nSPS) is 13.1. The Bertz CT molecular complexity index is 614. The van der Waals surface area contributed by atoms with E-state index in [1.165, 1.54) is 0 Å². The molecule has 0 rings (SSSR count). The number of carbonyl (C=O) groups excluding carboxylic acids is 2. The van der Waals surface area contributed by atoms with Crippen LogP contribution in [0.3, 0.4) is 0 Å². The first-order valence-electron chi connectivity index (χ1n) is 13.3. The van der Waals surface area contributed by atoms with Gasteiger partial charge in [0.15, 0.2) is 0 Å². The lowest BCUT2D eigenvalue weighted by Gasteiger charge is -2.29. The quantitative estimate of drug-likeness (QED) is 0.230. The third kappa shape index (κ3) is 17.0. The van der Waals surface area contributed by atoms with Gasteiger partial charge in [0.05, 0.1) is 26.4 Å². The van der Waals surface area contributed by atoms with E-state index < -0.39 is 5.41 Å². The van der Waals surface area contributed by atoms with Crippen LogP contribution in [0.2, 0.25) is 0 Å². The molecule has 0 spiro atoms. The predicted molar refractivity (Wildman–Crippen MR) is 143 cm³/mol. The van der Waals surface area contributed by atoms with Crippen LogP contribution in [-0.4, -0.2) is 64.5 Å². The van der Waals surface area contributed by atoms with Gasteiger partial charge in [0, 0.05) is 43.6 Å². The predicted octanol–water partition coefficient (Wildman–Crippen LogP) is 4.97. The van der Waals surface area contributed by atoms with Crippen LogP contribution >= 0.6 is 0 Å². The van der Waals surface area contributed by atoms with Gasteiger partial charge in [-0.1, -0.05) is 69.2 Å². The molecule has 0 heterocycles. The van der Waals surface area contributed by atoms with Crippen molar-refractivity contribution in [2.24, 2.45) is 21.7 Å². The summed E-state index contributed by atoms with van der Waals surface area (Å²) >= 11 is 0. The second-order valence-corrected chi connectivity index (χ2v) is 12.8. The van der Waals surface area contributed by atoms with Crippen molar-refractivity contribution in [1.82, 2.24) is 10.6 Å². The SMILES string of the molecule is CCCOCCC(C)(C)C(=O)NCCOCC(C)(C)CNC(=O)CC(C)(C)COCC(C)(C)CC. The zero-order chi connectivity index (χ0) is 27.2. The Morgan fingerprint density at radius 2 is 1.29 bits per heavy atom. The molecule has 0 radical (unpaired) electrons. The molecule has 0 saturated carbocycles. The van der Waals surface area contributed by atoms with Gasteiger partial charge in [-0.15, -0.1) is 0 Å². The van der Waals surface area contributed by atoms with Gasteiger partial charge in [-0.2, -0.15) is 0 Å². The highest BCUT2D eigenvalue weighted by Gasteiger charge is 2.28. The first-order chi connectivity index (χ1) is 16.1. The van der Waals surface area contributed by atoms with Crippen LogP contribution in [0, 0.1) is 21.7 Å². The van der Waals surface area contributed by atoms with Crippen molar-refractivity contribution in [1.29, 1.82) is 0 Å². The number of amides is 2. The Kier molecular flexibility index (Phi) is 15.3. The van der Waals surface area contributed by atoms with E-state index in [-0.39, 0.29) is 28.1 Å². The van der Waals surface area contributed by atoms with Crippen molar-refractivity contribution in [2.75, 3.05) is 52.7 Å². The highest BCUT2D eigenvalue weighted by Crippen LogP contribution is 2.25. The molecule has 35 heavy (non-hydrogen) atoms. The zero-order valence-electron chi connectivity index (χ0n) is 24.5. The molecule has 0 aliphatic heterocycles. The van der Waals surface area contributed by atoms with Crippen molar-refractivity contribution in [2.45, 2.75) is 94.9 Å². The van der Waals surface area contributed by atoms with Crippen LogP contribution < -0.4 is 10.6 Å². The molecule has 0 aliphatic carbocycles. The van der Waals surface area contributed by atoms with Crippen molar-refractivity contribution in [3.8, 4) is 0 Å². The lowest BCUT2D eigenvalue weighted by atomic mass is 9.88. The van der Waals surface area contributed by atoms with E-state index in [0.717, 1.165) is 19.4 Å². The van der Waals surface area contributed by atoms with Crippen molar-refractivity contribution in [3.63, 3.8) is 0 Å². The van der Waals surface area contributed by atoms with E-state index in [9.17, 15) is 9.59 Å². The molecule has 0 aromatic heterocycles. The van der Waals surface area contributed by atoms with Gasteiger partial charge in [0.25, 0.3) is 0 Å². The van der Waals surface area contributed by atoms with E-state index in [1.807, 2.05) is 13.8 Å². The van der Waals surface area contributed by atoms with Gasteiger partial charge in [0.1, 0.15) is 0 Å². The molecular formula is C28H56N2O5. The van der Waals surface area contributed by atoms with E-state index in [1.54, 1.807) is 0 Å². The Balaban J connectivity index is 4.18. The van der Waals surface area contributed by atoms with E-state index in [2.05, 4.69) is 66.0 Å². The van der Waals surface area contributed by atoms with Crippen molar-refractivity contribution in [3.05, 3.63) is 0 Å². The second-order valence-electron chi connectivity index (χ2n) is 12.8. The Labute approximate surface area is 215 Å². The maximum atomic E-state index is 12.5. The number of hydrogen-bond acceptors (Lipinski definition) is 5. The van der Waals surface area contributed by atoms with Crippen molar-refractivity contribution >= 4 is 11.8 Å². The fourth-order valence-electron chi connectivity index (χ4n) is 3.15. The molecule has 0 aliphatic rings. The van der Waals surface area contributed by atoms with Gasteiger partial charge in [-0.25, -0.2) is 0 Å². The minimum Gasteiger partial charge on any atom is -0.381 e. The van der Waals surface area contributed by atoms with Crippen LogP contribution in [0.1, 0.15) is 94.9 Å². The van der Waals surface area contributed by atoms with Crippen LogP contribution in [0.5, 0.6) is 0 Å². The highest BCUT2D eigenvalue weighted by molar-refractivity contribution is 5.81. The summed E-state index contributed by atoms with van der Waals surface area (Å²) in [6, 6.07) is 0. The summed E-state index contributed by atoms with van der Waals surface area (Å²) in [6.45, 7) is 25.2. The number of nitrogens with one attached hydrogen (secondary N) is 2. The molecule has 2 N–H and O–H groups in total. The average molecular weight is 501 g/mol. The molecule has 0 saturated heterocycles. The molecule has 0 aromatic rings. The number of carbonyl (C=O) groups is 2. The van der Waals surface area contributed by atoms with Crippen LogP contribution in [0.4, 0.5) is 0 Å². The average Bonchev–Trinajstić information content (AvgIpc) is 2.74. The van der Waals surface area contributed by atoms with Gasteiger partial charge >= 0.3 is 0 Å². The molecular weight excluding hydrogens is 444 g/mol. The lowest BCUT2D eigenvalue weighted by Crippen LogP contribution is -2.41. The Hall–Kier alpha value is -1.18. The summed E-state index contributed by atoms with van der Waals surface area (Å²) in [6.07, 6.45) is 3.15. The summed E-state index contributed by atoms with van der Waals surface area (Å²) in [7, 11) is 0. The topological polar surface area (TPSA) is 85.9 Å². The Morgan fingerprint density at radius 1 is 0.686 bits per heavy atom. The standard InChI is InChI=1S/C28H56N2O5/c1-11-15-33-16-13-28(9,10)24(32)29-14-17-34-22-27(7,8)19-30-23(31)18-26(5,6)21-35-20-25(3,4)12-2/h11-22H2,1-10H3,(H,29,32)(H,30,31). The summed E-state index contributed by atoms with van der Waals surface area (Å²) < 4.78 is 17.2.